The first-order chi connectivity index (χ1) is 18.6. The molecule has 11 heteroatoms. The van der Waals surface area contributed by atoms with E-state index in [-0.39, 0.29) is 48.0 Å². The van der Waals surface area contributed by atoms with Crippen LogP contribution in [-0.4, -0.2) is 55.4 Å². The minimum absolute atomic E-state index is 0.107. The number of nitriles is 1. The maximum absolute atomic E-state index is 13.7. The first kappa shape index (κ1) is 26.6. The Hall–Kier alpha value is -2.58. The number of anilines is 1. The van der Waals surface area contributed by atoms with Gasteiger partial charge >= 0.3 is 0 Å². The summed E-state index contributed by atoms with van der Waals surface area (Å²) >= 11 is 1.45. The molecule has 1 aromatic heterocycles. The molecule has 1 aromatic carbocycles. The number of carbonyl (C=O) groups excluding carboxylic acids is 1. The fourth-order valence-electron chi connectivity index (χ4n) is 6.10. The fraction of sp³-hybridized carbons (Fsp3) is 0.607. The number of alkyl halides is 2. The Kier molecular flexibility index (Phi) is 6.70. The summed E-state index contributed by atoms with van der Waals surface area (Å²) in [6, 6.07) is 10.2. The van der Waals surface area contributed by atoms with Gasteiger partial charge in [-0.05, 0) is 43.4 Å². The van der Waals surface area contributed by atoms with Gasteiger partial charge in [-0.25, -0.2) is 22.2 Å². The number of sulfone groups is 1. The lowest BCUT2D eigenvalue weighted by molar-refractivity contribution is -0.127. The van der Waals surface area contributed by atoms with Gasteiger partial charge in [-0.1, -0.05) is 25.0 Å². The lowest BCUT2D eigenvalue weighted by Crippen LogP contribution is -2.42. The molecule has 208 valence electrons. The standard InChI is InChI=1S/C28H32F2N4O3S2/c29-28(30)15-19(16-28)26-32-23(21-3-1-2-4-22(21)25(35)33-27(17-31)9-10-27)24(38-26)18-5-7-20(8-6-18)34-11-13-39(36,37)14-12-34/h5-8,19,21-22H,1-4,9-16H2,(H,33,35)/t21-,22-/m1/s1. The van der Waals surface area contributed by atoms with Gasteiger partial charge in [-0.3, -0.25) is 4.79 Å². The zero-order valence-electron chi connectivity index (χ0n) is 21.7. The molecule has 0 radical (unpaired) electrons. The SMILES string of the molecule is N#CC1(NC(=O)[C@@H]2CCCC[C@H]2c2nc(C3CC(F)(F)C3)sc2-c2ccc(N3CCS(=O)(=O)CC3)cc2)CC1. The van der Waals surface area contributed by atoms with Gasteiger partial charge in [-0.2, -0.15) is 5.26 Å². The molecule has 1 N–H and O–H groups in total. The molecule has 0 bridgehead atoms. The summed E-state index contributed by atoms with van der Waals surface area (Å²) in [5, 5.41) is 13.2. The molecule has 4 fully saturated rings. The largest absolute Gasteiger partial charge is 0.369 e. The van der Waals surface area contributed by atoms with Crippen LogP contribution in [0, 0.1) is 17.2 Å². The van der Waals surface area contributed by atoms with E-state index in [2.05, 4.69) is 16.3 Å². The second kappa shape index (κ2) is 9.81. The van der Waals surface area contributed by atoms with Crippen LogP contribution in [0.1, 0.15) is 73.9 Å². The van der Waals surface area contributed by atoms with E-state index >= 15 is 0 Å². The topological polar surface area (TPSA) is 103 Å². The van der Waals surface area contributed by atoms with Crippen molar-refractivity contribution >= 4 is 32.8 Å². The summed E-state index contributed by atoms with van der Waals surface area (Å²) in [6.07, 6.45) is 4.33. The molecule has 0 spiro atoms. The second-order valence-corrected chi connectivity index (χ2v) is 14.9. The number of rotatable bonds is 6. The molecule has 1 aliphatic heterocycles. The van der Waals surface area contributed by atoms with Crippen LogP contribution in [0.15, 0.2) is 24.3 Å². The van der Waals surface area contributed by atoms with Crippen molar-refractivity contribution in [2.45, 2.75) is 74.7 Å². The number of aromatic nitrogens is 1. The maximum Gasteiger partial charge on any atom is 0.249 e. The fourth-order valence-corrected chi connectivity index (χ4v) is 8.55. The van der Waals surface area contributed by atoms with Crippen LogP contribution in [0.4, 0.5) is 14.5 Å². The van der Waals surface area contributed by atoms with E-state index in [1.165, 1.54) is 11.3 Å². The highest BCUT2D eigenvalue weighted by Gasteiger charge is 2.49. The molecule has 0 unspecified atom stereocenters. The Morgan fingerprint density at radius 1 is 1.10 bits per heavy atom. The Labute approximate surface area is 231 Å². The van der Waals surface area contributed by atoms with E-state index in [4.69, 9.17) is 4.98 Å². The monoisotopic (exact) mass is 574 g/mol. The highest BCUT2D eigenvalue weighted by Crippen LogP contribution is 2.52. The third-order valence-electron chi connectivity index (χ3n) is 8.73. The van der Waals surface area contributed by atoms with Crippen LogP contribution in [0.2, 0.25) is 0 Å². The van der Waals surface area contributed by atoms with Gasteiger partial charge in [0.05, 0.1) is 33.2 Å². The predicted molar refractivity (Wildman–Crippen MR) is 146 cm³/mol. The molecule has 4 aliphatic rings. The van der Waals surface area contributed by atoms with E-state index in [0.29, 0.717) is 37.4 Å². The molecular weight excluding hydrogens is 542 g/mol. The minimum Gasteiger partial charge on any atom is -0.369 e. The van der Waals surface area contributed by atoms with Crippen LogP contribution in [0.25, 0.3) is 10.4 Å². The Bertz CT molecular complexity index is 1390. The second-order valence-electron chi connectivity index (χ2n) is 11.6. The first-order valence-electron chi connectivity index (χ1n) is 13.7. The zero-order chi connectivity index (χ0) is 27.4. The molecule has 1 saturated heterocycles. The number of amides is 1. The normalized spacial score (nSPS) is 27.3. The molecular formula is C28H32F2N4O3S2. The van der Waals surface area contributed by atoms with Crippen molar-refractivity contribution in [3.05, 3.63) is 35.0 Å². The van der Waals surface area contributed by atoms with E-state index in [0.717, 1.165) is 41.1 Å². The summed E-state index contributed by atoms with van der Waals surface area (Å²) in [6.45, 7) is 0.910. The van der Waals surface area contributed by atoms with Crippen LogP contribution in [0.5, 0.6) is 0 Å². The smallest absolute Gasteiger partial charge is 0.249 e. The van der Waals surface area contributed by atoms with Gasteiger partial charge in [-0.15, -0.1) is 11.3 Å². The van der Waals surface area contributed by atoms with Gasteiger partial charge < -0.3 is 10.2 Å². The zero-order valence-corrected chi connectivity index (χ0v) is 23.3. The maximum atomic E-state index is 13.7. The number of halogens is 2. The third kappa shape index (κ3) is 5.42. The molecule has 2 atom stereocenters. The molecule has 3 aliphatic carbocycles. The van der Waals surface area contributed by atoms with Crippen molar-refractivity contribution in [1.29, 1.82) is 5.26 Å². The van der Waals surface area contributed by atoms with Gasteiger partial charge in [0.25, 0.3) is 0 Å². The van der Waals surface area contributed by atoms with E-state index in [9.17, 15) is 27.3 Å². The minimum atomic E-state index is -2.98. The average molecular weight is 575 g/mol. The van der Waals surface area contributed by atoms with Gasteiger partial charge in [0.1, 0.15) is 5.54 Å². The van der Waals surface area contributed by atoms with E-state index in [1.54, 1.807) is 0 Å². The van der Waals surface area contributed by atoms with Gasteiger partial charge in [0, 0.05) is 49.4 Å². The third-order valence-corrected chi connectivity index (χ3v) is 11.6. The van der Waals surface area contributed by atoms with Gasteiger partial charge in [0.15, 0.2) is 9.84 Å². The lowest BCUT2D eigenvalue weighted by Gasteiger charge is -2.33. The van der Waals surface area contributed by atoms with Crippen molar-refractivity contribution in [3.63, 3.8) is 0 Å². The molecule has 3 saturated carbocycles. The van der Waals surface area contributed by atoms with Crippen LogP contribution < -0.4 is 10.2 Å². The summed E-state index contributed by atoms with van der Waals surface area (Å²) in [4.78, 5) is 21.3. The number of benzene rings is 1. The molecule has 39 heavy (non-hydrogen) atoms. The predicted octanol–water partition coefficient (Wildman–Crippen LogP) is 5.00. The van der Waals surface area contributed by atoms with Crippen molar-refractivity contribution in [2.75, 3.05) is 29.5 Å². The Balaban J connectivity index is 1.30. The Morgan fingerprint density at radius 2 is 1.77 bits per heavy atom. The number of hydrogen-bond donors (Lipinski definition) is 1. The quantitative estimate of drug-likeness (QED) is 0.521. The van der Waals surface area contributed by atoms with Crippen molar-refractivity contribution in [1.82, 2.24) is 10.3 Å². The molecule has 6 rings (SSSR count). The number of nitrogens with zero attached hydrogens (tertiary/aromatic N) is 3. The summed E-state index contributed by atoms with van der Waals surface area (Å²) < 4.78 is 51.2. The highest BCUT2D eigenvalue weighted by molar-refractivity contribution is 7.91. The summed E-state index contributed by atoms with van der Waals surface area (Å²) in [7, 11) is -2.98. The molecule has 7 nitrogen and oxygen atoms in total. The molecule has 2 heterocycles. The Morgan fingerprint density at radius 3 is 2.38 bits per heavy atom. The van der Waals surface area contributed by atoms with Crippen LogP contribution in [0.3, 0.4) is 0 Å². The van der Waals surface area contributed by atoms with Crippen LogP contribution >= 0.6 is 11.3 Å². The average Bonchev–Trinajstić information content (AvgIpc) is 3.54. The number of hydrogen-bond acceptors (Lipinski definition) is 7. The first-order valence-corrected chi connectivity index (χ1v) is 16.4. The number of nitrogens with one attached hydrogen (secondary N) is 1. The van der Waals surface area contributed by atoms with Crippen LogP contribution in [-0.2, 0) is 14.6 Å². The van der Waals surface area contributed by atoms with Gasteiger partial charge in [0.2, 0.25) is 11.8 Å². The number of thiazole rings is 1. The molecule has 1 amide bonds. The highest BCUT2D eigenvalue weighted by atomic mass is 32.2. The van der Waals surface area contributed by atoms with Crippen molar-refractivity contribution in [3.8, 4) is 16.5 Å². The summed E-state index contributed by atoms with van der Waals surface area (Å²) in [5.74, 6) is -3.20. The van der Waals surface area contributed by atoms with E-state index < -0.39 is 21.3 Å². The van der Waals surface area contributed by atoms with E-state index in [1.807, 2.05) is 24.3 Å². The summed E-state index contributed by atoms with van der Waals surface area (Å²) in [5.41, 5.74) is 1.94. The van der Waals surface area contributed by atoms with Crippen molar-refractivity contribution < 1.29 is 22.0 Å². The van der Waals surface area contributed by atoms with Crippen molar-refractivity contribution in [2.24, 2.45) is 5.92 Å². The lowest BCUT2D eigenvalue weighted by atomic mass is 9.76. The molecule has 2 aromatic rings. The number of carbonyl (C=O) groups is 1.